The standard InChI is InChI=1S/C19H22ClFN8/c1-29(2)7-3-6-24-17-13(10-26-19(23)28-17)12-9-25-18(22)27-16(12)11-4-5-15(21)14(20)8-11/h4-5,8-10H,3,6-7H2,1-2H3,(H2,22,25,27)(H3,23,24,26,28). The smallest absolute Gasteiger partial charge is 0.221 e. The highest BCUT2D eigenvalue weighted by Crippen LogP contribution is 2.35. The molecule has 5 N–H and O–H groups in total. The predicted octanol–water partition coefficient (Wildman–Crippen LogP) is 2.92. The van der Waals surface area contributed by atoms with Crippen LogP contribution in [0.25, 0.3) is 22.4 Å². The van der Waals surface area contributed by atoms with E-state index >= 15 is 0 Å². The van der Waals surface area contributed by atoms with Gasteiger partial charge in [0.15, 0.2) is 0 Å². The van der Waals surface area contributed by atoms with Crippen LogP contribution < -0.4 is 16.8 Å². The molecule has 0 bridgehead atoms. The van der Waals surface area contributed by atoms with E-state index in [0.29, 0.717) is 34.7 Å². The third-order valence-corrected chi connectivity index (χ3v) is 4.46. The summed E-state index contributed by atoms with van der Waals surface area (Å²) < 4.78 is 13.6. The van der Waals surface area contributed by atoms with E-state index < -0.39 is 5.82 Å². The summed E-state index contributed by atoms with van der Waals surface area (Å²) in [5.74, 6) is 0.268. The van der Waals surface area contributed by atoms with E-state index in [0.717, 1.165) is 13.0 Å². The van der Waals surface area contributed by atoms with Crippen LogP contribution in [0.3, 0.4) is 0 Å². The van der Waals surface area contributed by atoms with Gasteiger partial charge in [-0.15, -0.1) is 0 Å². The summed E-state index contributed by atoms with van der Waals surface area (Å²) >= 11 is 5.96. The lowest BCUT2D eigenvalue weighted by Gasteiger charge is -2.15. The van der Waals surface area contributed by atoms with Crippen LogP contribution in [0, 0.1) is 5.82 Å². The highest BCUT2D eigenvalue weighted by Gasteiger charge is 2.17. The molecular weight excluding hydrogens is 395 g/mol. The second-order valence-electron chi connectivity index (χ2n) is 6.69. The number of hydrogen-bond acceptors (Lipinski definition) is 8. The maximum Gasteiger partial charge on any atom is 0.221 e. The van der Waals surface area contributed by atoms with Crippen LogP contribution in [-0.4, -0.2) is 52.0 Å². The quantitative estimate of drug-likeness (QED) is 0.503. The van der Waals surface area contributed by atoms with Crippen molar-refractivity contribution in [3.63, 3.8) is 0 Å². The maximum absolute atomic E-state index is 13.6. The average Bonchev–Trinajstić information content (AvgIpc) is 2.68. The Labute approximate surface area is 173 Å². The number of halogens is 2. The molecule has 3 rings (SSSR count). The van der Waals surface area contributed by atoms with Crippen molar-refractivity contribution in [3.05, 3.63) is 41.4 Å². The summed E-state index contributed by atoms with van der Waals surface area (Å²) in [5, 5.41) is 3.28. The van der Waals surface area contributed by atoms with Crippen LogP contribution in [0.2, 0.25) is 5.02 Å². The van der Waals surface area contributed by atoms with E-state index in [1.165, 1.54) is 12.1 Å². The van der Waals surface area contributed by atoms with Gasteiger partial charge in [0.1, 0.15) is 11.6 Å². The second-order valence-corrected chi connectivity index (χ2v) is 7.10. The lowest BCUT2D eigenvalue weighted by molar-refractivity contribution is 0.405. The Hall–Kier alpha value is -3.04. The molecule has 29 heavy (non-hydrogen) atoms. The van der Waals surface area contributed by atoms with Crippen LogP contribution in [0.4, 0.5) is 22.1 Å². The van der Waals surface area contributed by atoms with Gasteiger partial charge in [0.25, 0.3) is 0 Å². The Bertz CT molecular complexity index is 1010. The Kier molecular flexibility index (Phi) is 6.40. The Morgan fingerprint density at radius 2 is 1.76 bits per heavy atom. The molecule has 2 heterocycles. The zero-order valence-electron chi connectivity index (χ0n) is 16.2. The van der Waals surface area contributed by atoms with E-state index in [1.54, 1.807) is 18.5 Å². The molecule has 0 saturated heterocycles. The average molecular weight is 417 g/mol. The van der Waals surface area contributed by atoms with Crippen molar-refractivity contribution in [1.29, 1.82) is 0 Å². The van der Waals surface area contributed by atoms with E-state index in [4.69, 9.17) is 23.1 Å². The van der Waals surface area contributed by atoms with Crippen molar-refractivity contribution in [3.8, 4) is 22.4 Å². The lowest BCUT2D eigenvalue weighted by atomic mass is 10.0. The number of aromatic nitrogens is 4. The number of nitrogens with zero attached hydrogens (tertiary/aromatic N) is 5. The van der Waals surface area contributed by atoms with Gasteiger partial charge < -0.3 is 21.7 Å². The topological polar surface area (TPSA) is 119 Å². The van der Waals surface area contributed by atoms with E-state index in [2.05, 4.69) is 30.2 Å². The summed E-state index contributed by atoms with van der Waals surface area (Å²) in [6.45, 7) is 1.61. The molecular formula is C19H22ClFN8. The summed E-state index contributed by atoms with van der Waals surface area (Å²) in [6.07, 6.45) is 4.09. The predicted molar refractivity (Wildman–Crippen MR) is 114 cm³/mol. The summed E-state index contributed by atoms with van der Waals surface area (Å²) in [6, 6.07) is 4.35. The number of rotatable bonds is 7. The van der Waals surface area contributed by atoms with Gasteiger partial charge in [-0.2, -0.15) is 4.98 Å². The number of anilines is 3. The molecule has 0 amide bonds. The van der Waals surface area contributed by atoms with Gasteiger partial charge in [0.05, 0.1) is 10.7 Å². The van der Waals surface area contributed by atoms with Crippen LogP contribution in [0.5, 0.6) is 0 Å². The molecule has 0 fully saturated rings. The number of nitrogen functional groups attached to an aromatic ring is 2. The summed E-state index contributed by atoms with van der Waals surface area (Å²) in [7, 11) is 4.03. The van der Waals surface area contributed by atoms with Gasteiger partial charge >= 0.3 is 0 Å². The molecule has 0 spiro atoms. The molecule has 0 unspecified atom stereocenters. The number of hydrogen-bond donors (Lipinski definition) is 3. The molecule has 0 aliphatic heterocycles. The molecule has 3 aromatic rings. The monoisotopic (exact) mass is 416 g/mol. The Morgan fingerprint density at radius 3 is 2.45 bits per heavy atom. The number of nitrogens with two attached hydrogens (primary N) is 2. The second kappa shape index (κ2) is 8.97. The Morgan fingerprint density at radius 1 is 1.07 bits per heavy atom. The number of benzene rings is 1. The van der Waals surface area contributed by atoms with Gasteiger partial charge in [0.2, 0.25) is 11.9 Å². The maximum atomic E-state index is 13.6. The molecule has 8 nitrogen and oxygen atoms in total. The molecule has 1 aromatic carbocycles. The minimum Gasteiger partial charge on any atom is -0.369 e. The molecule has 2 aromatic heterocycles. The minimum absolute atomic E-state index is 0.0128. The first-order chi connectivity index (χ1) is 13.8. The zero-order valence-corrected chi connectivity index (χ0v) is 16.9. The first-order valence-corrected chi connectivity index (χ1v) is 9.32. The van der Waals surface area contributed by atoms with E-state index in [9.17, 15) is 4.39 Å². The fraction of sp³-hybridized carbons (Fsp3) is 0.263. The van der Waals surface area contributed by atoms with Crippen LogP contribution in [0.1, 0.15) is 6.42 Å². The highest BCUT2D eigenvalue weighted by atomic mass is 35.5. The molecule has 0 saturated carbocycles. The molecule has 0 aliphatic rings. The van der Waals surface area contributed by atoms with Gasteiger partial charge in [-0.1, -0.05) is 11.6 Å². The van der Waals surface area contributed by atoms with Gasteiger partial charge in [0, 0.05) is 35.6 Å². The van der Waals surface area contributed by atoms with Crippen LogP contribution in [0.15, 0.2) is 30.6 Å². The van der Waals surface area contributed by atoms with Crippen molar-refractivity contribution >= 4 is 29.3 Å². The molecule has 152 valence electrons. The van der Waals surface area contributed by atoms with E-state index in [-0.39, 0.29) is 16.9 Å². The molecule has 0 aliphatic carbocycles. The summed E-state index contributed by atoms with van der Waals surface area (Å²) in [5.41, 5.74) is 13.9. The highest BCUT2D eigenvalue weighted by molar-refractivity contribution is 6.31. The van der Waals surface area contributed by atoms with Crippen molar-refractivity contribution in [2.75, 3.05) is 44.0 Å². The zero-order chi connectivity index (χ0) is 21.0. The van der Waals surface area contributed by atoms with Gasteiger partial charge in [-0.3, -0.25) is 0 Å². The van der Waals surface area contributed by atoms with Gasteiger partial charge in [-0.05, 0) is 45.3 Å². The Balaban J connectivity index is 2.03. The molecule has 0 atom stereocenters. The van der Waals surface area contributed by atoms with Crippen LogP contribution in [-0.2, 0) is 0 Å². The first-order valence-electron chi connectivity index (χ1n) is 8.94. The fourth-order valence-electron chi connectivity index (χ4n) is 2.79. The van der Waals surface area contributed by atoms with Crippen molar-refractivity contribution in [1.82, 2.24) is 24.8 Å². The van der Waals surface area contributed by atoms with Crippen molar-refractivity contribution in [2.45, 2.75) is 6.42 Å². The van der Waals surface area contributed by atoms with Crippen molar-refractivity contribution in [2.24, 2.45) is 0 Å². The third kappa shape index (κ3) is 5.07. The molecule has 0 radical (unpaired) electrons. The third-order valence-electron chi connectivity index (χ3n) is 4.17. The normalized spacial score (nSPS) is 11.1. The largest absolute Gasteiger partial charge is 0.369 e. The minimum atomic E-state index is -0.516. The van der Waals surface area contributed by atoms with Gasteiger partial charge in [-0.25, -0.2) is 19.3 Å². The lowest BCUT2D eigenvalue weighted by Crippen LogP contribution is -2.17. The number of nitrogens with one attached hydrogen (secondary N) is 1. The summed E-state index contributed by atoms with van der Waals surface area (Å²) in [4.78, 5) is 19.0. The van der Waals surface area contributed by atoms with E-state index in [1.807, 2.05) is 14.1 Å². The fourth-order valence-corrected chi connectivity index (χ4v) is 2.97. The molecule has 10 heteroatoms. The first kappa shape index (κ1) is 20.7. The van der Waals surface area contributed by atoms with Crippen LogP contribution >= 0.6 is 11.6 Å². The SMILES string of the molecule is CN(C)CCCNc1nc(N)ncc1-c1cnc(N)nc1-c1ccc(F)c(Cl)c1. The van der Waals surface area contributed by atoms with Crippen molar-refractivity contribution < 1.29 is 4.39 Å².